The Labute approximate surface area is 357 Å². The topological polar surface area (TPSA) is 55.9 Å². The molecule has 0 spiro atoms. The van der Waals surface area contributed by atoms with Crippen LogP contribution >= 0.6 is 0 Å². The fourth-order valence-electron chi connectivity index (χ4n) is 8.71. The van der Waals surface area contributed by atoms with Crippen molar-refractivity contribution in [2.45, 2.75) is 13.3 Å². The first-order valence-electron chi connectivity index (χ1n) is 20.9. The molecule has 0 fully saturated rings. The lowest BCUT2D eigenvalue weighted by atomic mass is 9.89. The summed E-state index contributed by atoms with van der Waals surface area (Å²) in [6.07, 6.45) is 8.03. The van der Waals surface area contributed by atoms with Crippen LogP contribution in [0.25, 0.3) is 66.4 Å². The highest BCUT2D eigenvalue weighted by Gasteiger charge is 2.21. The summed E-state index contributed by atoms with van der Waals surface area (Å²) in [4.78, 5) is 1.70. The molecule has 61 heavy (non-hydrogen) atoms. The third-order valence-corrected chi connectivity index (χ3v) is 11.9. The zero-order chi connectivity index (χ0) is 41.3. The molecule has 1 aliphatic rings. The number of hydrogen-bond acceptors (Lipinski definition) is 2. The molecule has 0 radical (unpaired) electrons. The first-order chi connectivity index (χ1) is 30.0. The second-order valence-electron chi connectivity index (χ2n) is 15.8. The largest absolute Gasteiger partial charge is 0.309 e. The van der Waals surface area contributed by atoms with E-state index in [0.717, 1.165) is 62.3 Å². The highest BCUT2D eigenvalue weighted by Crippen LogP contribution is 2.40. The molecule has 0 saturated carbocycles. The Kier molecular flexibility index (Phi) is 9.88. The molecule has 1 unspecified atom stereocenters. The van der Waals surface area contributed by atoms with Crippen LogP contribution in [0.15, 0.2) is 218 Å². The average Bonchev–Trinajstić information content (AvgIpc) is 3.66. The summed E-state index contributed by atoms with van der Waals surface area (Å²) in [5.41, 5.74) is 15.1. The number of nitrogens with zero attached hydrogens (tertiary/aromatic N) is 2. The van der Waals surface area contributed by atoms with E-state index in [1.807, 2.05) is 72.8 Å². The van der Waals surface area contributed by atoms with Gasteiger partial charge in [-0.1, -0.05) is 183 Å². The monoisotopic (exact) mass is 784 g/mol. The molecule has 1 atom stereocenters. The quantitative estimate of drug-likeness (QED) is 0.117. The maximum Gasteiger partial charge on any atom is 0.138 e. The molecule has 292 valence electrons. The van der Waals surface area contributed by atoms with Crippen molar-refractivity contribution >= 4 is 44.7 Å². The molecule has 0 saturated heterocycles. The highest BCUT2D eigenvalue weighted by atomic mass is 15.2. The van der Waals surface area contributed by atoms with Gasteiger partial charge in [0.1, 0.15) is 11.7 Å². The van der Waals surface area contributed by atoms with Crippen molar-refractivity contribution < 1.29 is 0 Å². The number of rotatable bonds is 8. The van der Waals surface area contributed by atoms with Gasteiger partial charge in [-0.25, -0.2) is 0 Å². The second kappa shape index (κ2) is 16.1. The predicted octanol–water partition coefficient (Wildman–Crippen LogP) is 14.6. The van der Waals surface area contributed by atoms with Gasteiger partial charge in [0.2, 0.25) is 0 Å². The number of benzene rings is 8. The van der Waals surface area contributed by atoms with E-state index >= 15 is 0 Å². The number of nitrogens with one attached hydrogen (secondary N) is 2. The standard InChI is InChI=1S/C57H44N4/c1-39-24-26-40(27-25-39)45-34-37-55-53(38-45)52-22-12-13-23-54(52)60(55)47-35-32-42(33-36-47)49-19-9-11-21-51(49)50-20-10-8-18-48(50)41-28-30-44(31-29-41)57(59)61(46-16-6-3-7-17-46)56(58)43-14-4-2-5-15-43/h2-24,26-39,58-59H,25H2,1H3. The first kappa shape index (κ1) is 37.5. The molecular formula is C57H44N4. The number of para-hydroxylation sites is 2. The van der Waals surface area contributed by atoms with Crippen molar-refractivity contribution in [1.29, 1.82) is 10.8 Å². The van der Waals surface area contributed by atoms with Crippen molar-refractivity contribution in [3.8, 4) is 39.1 Å². The van der Waals surface area contributed by atoms with Gasteiger partial charge in [0.05, 0.1) is 11.0 Å². The normalized spacial score (nSPS) is 13.6. The molecule has 8 aromatic carbocycles. The smallest absolute Gasteiger partial charge is 0.138 e. The van der Waals surface area contributed by atoms with Crippen molar-refractivity contribution in [2.24, 2.45) is 5.92 Å². The van der Waals surface area contributed by atoms with Crippen molar-refractivity contribution in [3.63, 3.8) is 0 Å². The van der Waals surface area contributed by atoms with Crippen LogP contribution in [-0.4, -0.2) is 16.2 Å². The Morgan fingerprint density at radius 2 is 1.00 bits per heavy atom. The maximum absolute atomic E-state index is 9.35. The Balaban J connectivity index is 0.971. The zero-order valence-electron chi connectivity index (χ0n) is 34.0. The Morgan fingerprint density at radius 3 is 1.62 bits per heavy atom. The van der Waals surface area contributed by atoms with E-state index in [0.29, 0.717) is 5.92 Å². The molecule has 0 amide bonds. The third-order valence-electron chi connectivity index (χ3n) is 11.9. The van der Waals surface area contributed by atoms with Crippen molar-refractivity contribution in [3.05, 3.63) is 235 Å². The maximum atomic E-state index is 9.35. The van der Waals surface area contributed by atoms with Crippen LogP contribution in [0.5, 0.6) is 0 Å². The summed E-state index contributed by atoms with van der Waals surface area (Å²) in [5, 5.41) is 21.0. The number of allylic oxidation sites excluding steroid dienone is 4. The fourth-order valence-corrected chi connectivity index (χ4v) is 8.71. The molecular weight excluding hydrogens is 741 g/mol. The van der Waals surface area contributed by atoms with Crippen LogP contribution in [0.1, 0.15) is 30.0 Å². The molecule has 0 bridgehead atoms. The number of amidine groups is 2. The lowest BCUT2D eigenvalue weighted by Gasteiger charge is -2.26. The first-order valence-corrected chi connectivity index (χ1v) is 20.9. The van der Waals surface area contributed by atoms with Gasteiger partial charge in [-0.2, -0.15) is 0 Å². The van der Waals surface area contributed by atoms with Gasteiger partial charge in [0.25, 0.3) is 0 Å². The minimum atomic E-state index is 0.239. The SMILES string of the molecule is CC1C=CC(c2ccc3c(c2)c2ccccc2n3-c2ccc(-c3ccccc3-c3ccccc3-c3ccc(C(=N)N(C(=N)c4ccccc4)c4ccccc4)cc3)cc2)=CC1. The second-order valence-corrected chi connectivity index (χ2v) is 15.8. The molecule has 2 N–H and O–H groups in total. The van der Waals surface area contributed by atoms with Crippen LogP contribution in [0.4, 0.5) is 5.69 Å². The molecule has 4 nitrogen and oxygen atoms in total. The van der Waals surface area contributed by atoms with Crippen LogP contribution in [-0.2, 0) is 0 Å². The zero-order valence-corrected chi connectivity index (χ0v) is 34.0. The summed E-state index contributed by atoms with van der Waals surface area (Å²) in [7, 11) is 0. The minimum Gasteiger partial charge on any atom is -0.309 e. The lowest BCUT2D eigenvalue weighted by molar-refractivity contribution is 0.739. The third kappa shape index (κ3) is 7.08. The molecule has 10 rings (SSSR count). The summed E-state index contributed by atoms with van der Waals surface area (Å²) < 4.78 is 2.39. The molecule has 1 aliphatic carbocycles. The van der Waals surface area contributed by atoms with Crippen molar-refractivity contribution in [2.75, 3.05) is 4.90 Å². The van der Waals surface area contributed by atoms with Gasteiger partial charge in [-0.15, -0.1) is 0 Å². The number of fused-ring (bicyclic) bond motifs is 3. The van der Waals surface area contributed by atoms with Crippen LogP contribution in [0.2, 0.25) is 0 Å². The summed E-state index contributed by atoms with van der Waals surface area (Å²) in [5.74, 6) is 1.07. The van der Waals surface area contributed by atoms with E-state index < -0.39 is 0 Å². The molecule has 1 aromatic heterocycles. The summed E-state index contributed by atoms with van der Waals surface area (Å²) in [6.45, 7) is 2.27. The number of aromatic nitrogens is 1. The molecule has 0 aliphatic heterocycles. The summed E-state index contributed by atoms with van der Waals surface area (Å²) >= 11 is 0. The van der Waals surface area contributed by atoms with E-state index in [9.17, 15) is 5.41 Å². The minimum absolute atomic E-state index is 0.239. The molecule has 4 heteroatoms. The number of hydrogen-bond donors (Lipinski definition) is 2. The van der Waals surface area contributed by atoms with Crippen LogP contribution in [0, 0.1) is 16.7 Å². The van der Waals surface area contributed by atoms with E-state index in [4.69, 9.17) is 5.41 Å². The van der Waals surface area contributed by atoms with Gasteiger partial charge < -0.3 is 4.57 Å². The van der Waals surface area contributed by atoms with E-state index in [1.54, 1.807) is 4.90 Å². The van der Waals surface area contributed by atoms with E-state index in [1.165, 1.54) is 32.9 Å². The van der Waals surface area contributed by atoms with Crippen molar-refractivity contribution in [1.82, 2.24) is 4.57 Å². The predicted molar refractivity (Wildman–Crippen MR) is 257 cm³/mol. The van der Waals surface area contributed by atoms with E-state index in [-0.39, 0.29) is 11.7 Å². The average molecular weight is 785 g/mol. The van der Waals surface area contributed by atoms with Crippen LogP contribution in [0.3, 0.4) is 0 Å². The van der Waals surface area contributed by atoms with Crippen LogP contribution < -0.4 is 4.90 Å². The fraction of sp³-hybridized carbons (Fsp3) is 0.0526. The number of anilines is 1. The lowest BCUT2D eigenvalue weighted by Crippen LogP contribution is -2.37. The van der Waals surface area contributed by atoms with Gasteiger partial charge in [0.15, 0.2) is 0 Å². The Hall–Kier alpha value is -7.82. The van der Waals surface area contributed by atoms with Gasteiger partial charge >= 0.3 is 0 Å². The summed E-state index contributed by atoms with van der Waals surface area (Å²) in [6, 6.07) is 69.3. The van der Waals surface area contributed by atoms with Gasteiger partial charge in [-0.05, 0) is 99.3 Å². The molecule has 9 aromatic rings. The Bertz CT molecular complexity index is 3130. The highest BCUT2D eigenvalue weighted by molar-refractivity contribution is 6.27. The van der Waals surface area contributed by atoms with E-state index in [2.05, 4.69) is 157 Å². The van der Waals surface area contributed by atoms with Gasteiger partial charge in [0, 0.05) is 33.3 Å². The molecule has 1 heterocycles. The van der Waals surface area contributed by atoms with Gasteiger partial charge in [-0.3, -0.25) is 15.7 Å². The Morgan fingerprint density at radius 1 is 0.492 bits per heavy atom.